The van der Waals surface area contributed by atoms with Gasteiger partial charge in [0.15, 0.2) is 0 Å². The molecule has 1 aliphatic carbocycles. The molecule has 3 heteroatoms. The van der Waals surface area contributed by atoms with Gasteiger partial charge in [0.2, 0.25) is 5.91 Å². The van der Waals surface area contributed by atoms with Gasteiger partial charge in [-0.25, -0.2) is 0 Å². The maximum atomic E-state index is 11.4. The maximum Gasteiger partial charge on any atom is 0.225 e. The molecule has 2 aliphatic heterocycles. The van der Waals surface area contributed by atoms with Crippen molar-refractivity contribution in [2.75, 3.05) is 13.6 Å². The fraction of sp³-hybridized carbons (Fsp3) is 0.875. The minimum atomic E-state index is 0.308. The van der Waals surface area contributed by atoms with Gasteiger partial charge in [0, 0.05) is 25.6 Å². The average Bonchev–Trinajstić information content (AvgIpc) is 1.91. The predicted molar refractivity (Wildman–Crippen MR) is 41.8 cm³/mol. The van der Waals surface area contributed by atoms with Crippen molar-refractivity contribution in [3.05, 3.63) is 0 Å². The van der Waals surface area contributed by atoms with Crippen LogP contribution in [0.1, 0.15) is 12.8 Å². The topological polar surface area (TPSA) is 46.3 Å². The Balaban J connectivity index is 2.14. The molecule has 1 amide bonds. The lowest BCUT2D eigenvalue weighted by Crippen LogP contribution is -2.59. The van der Waals surface area contributed by atoms with Crippen molar-refractivity contribution < 1.29 is 4.79 Å². The Morgan fingerprint density at radius 2 is 2.27 bits per heavy atom. The molecule has 0 radical (unpaired) electrons. The van der Waals surface area contributed by atoms with Gasteiger partial charge in [0.05, 0.1) is 0 Å². The second kappa shape index (κ2) is 2.21. The van der Waals surface area contributed by atoms with E-state index in [1.165, 1.54) is 0 Å². The fourth-order valence-electron chi connectivity index (χ4n) is 2.30. The van der Waals surface area contributed by atoms with Crippen molar-refractivity contribution in [2.45, 2.75) is 18.9 Å². The van der Waals surface area contributed by atoms with Crippen LogP contribution >= 0.6 is 0 Å². The van der Waals surface area contributed by atoms with E-state index in [1.807, 2.05) is 11.9 Å². The Kier molecular flexibility index (Phi) is 1.42. The van der Waals surface area contributed by atoms with Gasteiger partial charge in [-0.2, -0.15) is 0 Å². The number of nitrogens with zero attached hydrogens (tertiary/aromatic N) is 1. The summed E-state index contributed by atoms with van der Waals surface area (Å²) in [6.07, 6.45) is 2.18. The molecule has 62 valence electrons. The van der Waals surface area contributed by atoms with Gasteiger partial charge < -0.3 is 10.6 Å². The summed E-state index contributed by atoms with van der Waals surface area (Å²) in [5.41, 5.74) is 5.58. The quantitative estimate of drug-likeness (QED) is 0.569. The van der Waals surface area contributed by atoms with Crippen molar-refractivity contribution in [1.29, 1.82) is 0 Å². The second-order valence-corrected chi connectivity index (χ2v) is 3.68. The number of fused-ring (bicyclic) bond motifs is 2. The molecule has 2 bridgehead atoms. The largest absolute Gasteiger partial charge is 0.341 e. The Morgan fingerprint density at radius 3 is 2.73 bits per heavy atom. The van der Waals surface area contributed by atoms with E-state index in [0.717, 1.165) is 12.8 Å². The van der Waals surface area contributed by atoms with Crippen LogP contribution in [0.25, 0.3) is 0 Å². The molecule has 3 aliphatic rings. The van der Waals surface area contributed by atoms with Crippen LogP contribution in [-0.2, 0) is 4.79 Å². The van der Waals surface area contributed by atoms with E-state index in [1.54, 1.807) is 0 Å². The summed E-state index contributed by atoms with van der Waals surface area (Å²) in [5, 5.41) is 0. The van der Waals surface area contributed by atoms with E-state index in [-0.39, 0.29) is 0 Å². The molecule has 3 rings (SSSR count). The standard InChI is InChI=1S/C8H14N2O/c1-10-7(4-9)5-2-6(3-5)8(10)11/h5-7H,2-4,9H2,1H3. The van der Waals surface area contributed by atoms with E-state index < -0.39 is 0 Å². The third kappa shape index (κ3) is 0.805. The minimum absolute atomic E-state index is 0.308. The lowest BCUT2D eigenvalue weighted by molar-refractivity contribution is -0.153. The van der Waals surface area contributed by atoms with Crippen molar-refractivity contribution in [2.24, 2.45) is 17.6 Å². The van der Waals surface area contributed by atoms with E-state index in [0.29, 0.717) is 30.3 Å². The van der Waals surface area contributed by atoms with E-state index in [4.69, 9.17) is 5.73 Å². The number of likely N-dealkylation sites (N-methyl/N-ethyl adjacent to an activating group) is 1. The van der Waals surface area contributed by atoms with Crippen LogP contribution < -0.4 is 5.73 Å². The molecule has 3 fully saturated rings. The summed E-state index contributed by atoms with van der Waals surface area (Å²) in [7, 11) is 1.87. The average molecular weight is 154 g/mol. The first-order chi connectivity index (χ1) is 5.24. The normalized spacial score (nSPS) is 42.2. The first kappa shape index (κ1) is 7.10. The zero-order chi connectivity index (χ0) is 8.01. The van der Waals surface area contributed by atoms with Gasteiger partial charge in [-0.15, -0.1) is 0 Å². The molecule has 3 nitrogen and oxygen atoms in total. The summed E-state index contributed by atoms with van der Waals surface area (Å²) in [4.78, 5) is 13.2. The Bertz CT molecular complexity index is 187. The third-order valence-corrected chi connectivity index (χ3v) is 3.15. The molecule has 1 saturated carbocycles. The summed E-state index contributed by atoms with van der Waals surface area (Å²) in [5.74, 6) is 1.35. The molecule has 0 aromatic carbocycles. The number of hydrogen-bond donors (Lipinski definition) is 1. The molecule has 0 aromatic heterocycles. The fourth-order valence-corrected chi connectivity index (χ4v) is 2.30. The maximum absolute atomic E-state index is 11.4. The predicted octanol–water partition coefficient (Wildman–Crippen LogP) is -0.188. The molecule has 0 aromatic rings. The number of nitrogens with two attached hydrogens (primary N) is 1. The van der Waals surface area contributed by atoms with Crippen LogP contribution in [0.4, 0.5) is 0 Å². The number of carbonyl (C=O) groups is 1. The lowest BCUT2D eigenvalue weighted by atomic mass is 9.66. The van der Waals surface area contributed by atoms with E-state index in [9.17, 15) is 4.79 Å². The van der Waals surface area contributed by atoms with Gasteiger partial charge in [-0.3, -0.25) is 4.79 Å². The number of rotatable bonds is 1. The molecular weight excluding hydrogens is 140 g/mol. The molecule has 0 spiro atoms. The molecule has 11 heavy (non-hydrogen) atoms. The number of piperidine rings is 2. The Labute approximate surface area is 66.5 Å². The molecule has 2 heterocycles. The Hall–Kier alpha value is -0.570. The highest BCUT2D eigenvalue weighted by molar-refractivity contribution is 5.81. The smallest absolute Gasteiger partial charge is 0.225 e. The van der Waals surface area contributed by atoms with Crippen molar-refractivity contribution in [3.63, 3.8) is 0 Å². The zero-order valence-corrected chi connectivity index (χ0v) is 6.79. The van der Waals surface area contributed by atoms with Crippen LogP contribution in [0.15, 0.2) is 0 Å². The van der Waals surface area contributed by atoms with Crippen molar-refractivity contribution in [3.8, 4) is 0 Å². The first-order valence-corrected chi connectivity index (χ1v) is 4.20. The molecular formula is C8H14N2O. The summed E-state index contributed by atoms with van der Waals surface area (Å²) in [6.45, 7) is 0.625. The third-order valence-electron chi connectivity index (χ3n) is 3.15. The monoisotopic (exact) mass is 154 g/mol. The van der Waals surface area contributed by atoms with Crippen LogP contribution in [0.5, 0.6) is 0 Å². The van der Waals surface area contributed by atoms with E-state index >= 15 is 0 Å². The van der Waals surface area contributed by atoms with Gasteiger partial charge in [-0.05, 0) is 18.8 Å². The minimum Gasteiger partial charge on any atom is -0.341 e. The second-order valence-electron chi connectivity index (χ2n) is 3.68. The van der Waals surface area contributed by atoms with Crippen molar-refractivity contribution in [1.82, 2.24) is 4.90 Å². The van der Waals surface area contributed by atoms with Crippen LogP contribution in [0.3, 0.4) is 0 Å². The zero-order valence-electron chi connectivity index (χ0n) is 6.79. The number of amides is 1. The van der Waals surface area contributed by atoms with Gasteiger partial charge in [0.25, 0.3) is 0 Å². The molecule has 2 N–H and O–H groups in total. The summed E-state index contributed by atoms with van der Waals surface area (Å²) < 4.78 is 0. The van der Waals surface area contributed by atoms with Gasteiger partial charge in [0.1, 0.15) is 0 Å². The number of hydrogen-bond acceptors (Lipinski definition) is 2. The highest BCUT2D eigenvalue weighted by atomic mass is 16.2. The van der Waals surface area contributed by atoms with Crippen LogP contribution in [0, 0.1) is 11.8 Å². The SMILES string of the molecule is CN1C(=O)C2CC(C2)C1CN. The van der Waals surface area contributed by atoms with Gasteiger partial charge >= 0.3 is 0 Å². The first-order valence-electron chi connectivity index (χ1n) is 4.20. The highest BCUT2D eigenvalue weighted by Crippen LogP contribution is 2.43. The molecule has 2 saturated heterocycles. The van der Waals surface area contributed by atoms with E-state index in [2.05, 4.69) is 0 Å². The molecule has 1 atom stereocenters. The lowest BCUT2D eigenvalue weighted by Gasteiger charge is -2.50. The summed E-state index contributed by atoms with van der Waals surface area (Å²) >= 11 is 0. The Morgan fingerprint density at radius 1 is 1.64 bits per heavy atom. The molecule has 1 unspecified atom stereocenters. The van der Waals surface area contributed by atoms with Crippen molar-refractivity contribution >= 4 is 5.91 Å². The van der Waals surface area contributed by atoms with Crippen LogP contribution in [0.2, 0.25) is 0 Å². The van der Waals surface area contributed by atoms with Gasteiger partial charge in [-0.1, -0.05) is 0 Å². The van der Waals surface area contributed by atoms with Crippen LogP contribution in [-0.4, -0.2) is 30.4 Å². The number of carbonyl (C=O) groups excluding carboxylic acids is 1. The summed E-state index contributed by atoms with van der Waals surface area (Å²) in [6, 6.07) is 0.326. The highest BCUT2D eigenvalue weighted by Gasteiger charge is 2.47.